The lowest BCUT2D eigenvalue weighted by Crippen LogP contribution is -2.47. The Kier molecular flexibility index (Phi) is 6.50. The van der Waals surface area contributed by atoms with Crippen molar-refractivity contribution >= 4 is 23.2 Å². The SMILES string of the molecule is Cn1cnnc1[C@@H](c1cccc(N2Cc3c(cc(CNC4(C)CCC4)cc3C(F)(F)F)C2=O)c1)C1CC(Cl)C1. The van der Waals surface area contributed by atoms with E-state index < -0.39 is 17.6 Å². The van der Waals surface area contributed by atoms with Gasteiger partial charge in [-0.15, -0.1) is 21.8 Å². The van der Waals surface area contributed by atoms with Crippen molar-refractivity contribution in [2.24, 2.45) is 13.0 Å². The van der Waals surface area contributed by atoms with Gasteiger partial charge in [0.05, 0.1) is 12.1 Å². The number of anilines is 1. The minimum absolute atomic E-state index is 0.0327. The van der Waals surface area contributed by atoms with Crippen LogP contribution in [0.3, 0.4) is 0 Å². The fourth-order valence-corrected chi connectivity index (χ4v) is 6.64. The van der Waals surface area contributed by atoms with E-state index in [1.807, 2.05) is 29.8 Å². The Labute approximate surface area is 230 Å². The van der Waals surface area contributed by atoms with E-state index in [0.29, 0.717) is 11.3 Å². The second kappa shape index (κ2) is 9.63. The third-order valence-electron chi connectivity index (χ3n) is 8.74. The predicted octanol–water partition coefficient (Wildman–Crippen LogP) is 6.18. The van der Waals surface area contributed by atoms with E-state index in [1.54, 1.807) is 18.5 Å². The third kappa shape index (κ3) is 4.84. The predicted molar refractivity (Wildman–Crippen MR) is 143 cm³/mol. The molecule has 206 valence electrons. The van der Waals surface area contributed by atoms with Crippen molar-refractivity contribution in [3.05, 3.63) is 76.4 Å². The minimum Gasteiger partial charge on any atom is -0.320 e. The number of fused-ring (bicyclic) bond motifs is 1. The van der Waals surface area contributed by atoms with E-state index >= 15 is 0 Å². The lowest BCUT2D eigenvalue weighted by atomic mass is 9.72. The van der Waals surface area contributed by atoms with Gasteiger partial charge in [0.2, 0.25) is 0 Å². The van der Waals surface area contributed by atoms with Crippen LogP contribution in [0.25, 0.3) is 0 Å². The average Bonchev–Trinajstić information content (AvgIpc) is 3.43. The third-order valence-corrected chi connectivity index (χ3v) is 9.09. The van der Waals surface area contributed by atoms with Gasteiger partial charge in [-0.3, -0.25) is 4.79 Å². The first-order valence-electron chi connectivity index (χ1n) is 13.4. The van der Waals surface area contributed by atoms with E-state index in [2.05, 4.69) is 22.4 Å². The molecular formula is C29H31ClF3N5O. The number of halogens is 4. The lowest BCUT2D eigenvalue weighted by Gasteiger charge is -2.39. The van der Waals surface area contributed by atoms with Crippen LogP contribution in [0.4, 0.5) is 18.9 Å². The maximum absolute atomic E-state index is 14.2. The van der Waals surface area contributed by atoms with Crippen LogP contribution >= 0.6 is 11.6 Å². The Morgan fingerprint density at radius 3 is 2.59 bits per heavy atom. The summed E-state index contributed by atoms with van der Waals surface area (Å²) in [4.78, 5) is 15.1. The molecule has 0 spiro atoms. The van der Waals surface area contributed by atoms with Gasteiger partial charge in [0.25, 0.3) is 5.91 Å². The molecule has 2 aliphatic carbocycles. The second-order valence-corrected chi connectivity index (χ2v) is 12.1. The highest BCUT2D eigenvalue weighted by molar-refractivity contribution is 6.21. The summed E-state index contributed by atoms with van der Waals surface area (Å²) < 4.78 is 44.4. The summed E-state index contributed by atoms with van der Waals surface area (Å²) in [6.07, 6.45) is 1.87. The Balaban J connectivity index is 1.33. The molecule has 0 unspecified atom stereocenters. The van der Waals surface area contributed by atoms with E-state index in [9.17, 15) is 18.0 Å². The molecule has 2 saturated carbocycles. The first kappa shape index (κ1) is 26.3. The smallest absolute Gasteiger partial charge is 0.320 e. The number of amides is 1. The highest BCUT2D eigenvalue weighted by atomic mass is 35.5. The van der Waals surface area contributed by atoms with E-state index in [1.165, 1.54) is 11.0 Å². The van der Waals surface area contributed by atoms with E-state index in [4.69, 9.17) is 11.6 Å². The number of aryl methyl sites for hydroxylation is 1. The van der Waals surface area contributed by atoms with Gasteiger partial charge in [0.1, 0.15) is 12.2 Å². The summed E-state index contributed by atoms with van der Waals surface area (Å²) in [6, 6.07) is 10.3. The van der Waals surface area contributed by atoms with Crippen LogP contribution in [0.5, 0.6) is 0 Å². The van der Waals surface area contributed by atoms with Crippen LogP contribution in [0.15, 0.2) is 42.7 Å². The fraction of sp³-hybridized carbons (Fsp3) is 0.483. The van der Waals surface area contributed by atoms with Crippen molar-refractivity contribution < 1.29 is 18.0 Å². The standard InChI is InChI=1S/C29H31ClF3N5O/c1-28(7-4-8-28)34-14-17-9-22-23(24(10-17)29(31,32)33)15-38(27(22)39)21-6-3-5-18(13-21)25(19-11-20(30)12-19)26-36-35-16-37(26)2/h3,5-6,9-10,13,16,19-20,25,34H,4,7-8,11-12,14-15H2,1-2H3/t19?,20?,25-/m0/s1. The normalized spacial score (nSPS) is 22.8. The molecule has 10 heteroatoms. The first-order valence-corrected chi connectivity index (χ1v) is 13.8. The van der Waals surface area contributed by atoms with Crippen molar-refractivity contribution in [1.29, 1.82) is 0 Å². The van der Waals surface area contributed by atoms with Crippen molar-refractivity contribution in [3.63, 3.8) is 0 Å². The number of nitrogens with zero attached hydrogens (tertiary/aromatic N) is 4. The molecule has 2 aromatic carbocycles. The molecule has 3 aliphatic rings. The van der Waals surface area contributed by atoms with E-state index in [-0.39, 0.29) is 47.0 Å². The highest BCUT2D eigenvalue weighted by Gasteiger charge is 2.42. The van der Waals surface area contributed by atoms with Crippen molar-refractivity contribution in [3.8, 4) is 0 Å². The molecule has 1 atom stereocenters. The molecular weight excluding hydrogens is 527 g/mol. The van der Waals surface area contributed by atoms with Gasteiger partial charge in [-0.25, -0.2) is 0 Å². The zero-order valence-corrected chi connectivity index (χ0v) is 22.7. The summed E-state index contributed by atoms with van der Waals surface area (Å²) in [7, 11) is 1.89. The second-order valence-electron chi connectivity index (χ2n) is 11.5. The number of alkyl halides is 4. The average molecular weight is 558 g/mol. The van der Waals surface area contributed by atoms with Crippen molar-refractivity contribution in [2.45, 2.75) is 75.1 Å². The number of hydrogen-bond acceptors (Lipinski definition) is 4. The summed E-state index contributed by atoms with van der Waals surface area (Å²) >= 11 is 6.31. The minimum atomic E-state index is -4.56. The lowest BCUT2D eigenvalue weighted by molar-refractivity contribution is -0.138. The quantitative estimate of drug-likeness (QED) is 0.353. The molecule has 1 aliphatic heterocycles. The van der Waals surface area contributed by atoms with Gasteiger partial charge >= 0.3 is 6.18 Å². The summed E-state index contributed by atoms with van der Waals surface area (Å²) in [5.74, 6) is 0.572. The topological polar surface area (TPSA) is 63.1 Å². The van der Waals surface area contributed by atoms with Gasteiger partial charge in [-0.1, -0.05) is 12.1 Å². The van der Waals surface area contributed by atoms with Crippen LogP contribution in [0, 0.1) is 5.92 Å². The Bertz CT molecular complexity index is 1410. The summed E-state index contributed by atoms with van der Waals surface area (Å²) in [6.45, 7) is 2.25. The molecule has 0 bridgehead atoms. The molecule has 3 aromatic rings. The molecule has 39 heavy (non-hydrogen) atoms. The zero-order chi connectivity index (χ0) is 27.5. The number of nitrogens with one attached hydrogen (secondary N) is 1. The monoisotopic (exact) mass is 557 g/mol. The molecule has 2 heterocycles. The molecule has 1 N–H and O–H groups in total. The molecule has 2 fully saturated rings. The van der Waals surface area contributed by atoms with Crippen LogP contribution in [0.1, 0.15) is 83.4 Å². The molecule has 0 radical (unpaired) electrons. The Morgan fingerprint density at radius 1 is 1.21 bits per heavy atom. The van der Waals surface area contributed by atoms with Crippen molar-refractivity contribution in [1.82, 2.24) is 20.1 Å². The fourth-order valence-electron chi connectivity index (χ4n) is 6.18. The van der Waals surface area contributed by atoms with E-state index in [0.717, 1.165) is 43.5 Å². The largest absolute Gasteiger partial charge is 0.416 e. The number of benzene rings is 2. The molecule has 1 amide bonds. The van der Waals surface area contributed by atoms with Crippen LogP contribution in [0.2, 0.25) is 0 Å². The maximum atomic E-state index is 14.2. The van der Waals surface area contributed by atoms with Gasteiger partial charge in [0, 0.05) is 41.7 Å². The molecule has 6 rings (SSSR count). The zero-order valence-electron chi connectivity index (χ0n) is 21.9. The van der Waals surface area contributed by atoms with Gasteiger partial charge < -0.3 is 14.8 Å². The summed E-state index contributed by atoms with van der Waals surface area (Å²) in [5.41, 5.74) is 1.35. The first-order chi connectivity index (χ1) is 18.5. The number of carbonyl (C=O) groups excluding carboxylic acids is 1. The highest BCUT2D eigenvalue weighted by Crippen LogP contribution is 2.46. The van der Waals surface area contributed by atoms with Crippen LogP contribution in [-0.2, 0) is 26.3 Å². The number of hydrogen-bond donors (Lipinski definition) is 1. The molecule has 1 aromatic heterocycles. The van der Waals surface area contributed by atoms with Gasteiger partial charge in [-0.2, -0.15) is 13.2 Å². The number of carbonyl (C=O) groups is 1. The van der Waals surface area contributed by atoms with Crippen LogP contribution < -0.4 is 10.2 Å². The number of aromatic nitrogens is 3. The van der Waals surface area contributed by atoms with Gasteiger partial charge in [-0.05, 0) is 85.9 Å². The summed E-state index contributed by atoms with van der Waals surface area (Å²) in [5, 5.41) is 11.9. The van der Waals surface area contributed by atoms with Crippen LogP contribution in [-0.4, -0.2) is 31.6 Å². The maximum Gasteiger partial charge on any atom is 0.416 e. The van der Waals surface area contributed by atoms with Crippen molar-refractivity contribution in [2.75, 3.05) is 4.90 Å². The Morgan fingerprint density at radius 2 is 1.97 bits per heavy atom. The molecule has 0 saturated heterocycles. The number of rotatable bonds is 7. The molecule has 6 nitrogen and oxygen atoms in total. The Hall–Kier alpha value is -2.91. The van der Waals surface area contributed by atoms with Gasteiger partial charge in [0.15, 0.2) is 0 Å².